The molecule has 0 saturated heterocycles. The minimum atomic E-state index is -4.54. The Labute approximate surface area is 158 Å². The summed E-state index contributed by atoms with van der Waals surface area (Å²) < 4.78 is 37.7. The molecule has 2 heterocycles. The van der Waals surface area contributed by atoms with Crippen LogP contribution in [0.25, 0.3) is 0 Å². The molecule has 2 aromatic rings. The van der Waals surface area contributed by atoms with Gasteiger partial charge in [-0.25, -0.2) is 0 Å². The number of rotatable bonds is 3. The highest BCUT2D eigenvalue weighted by Gasteiger charge is 2.32. The first kappa shape index (κ1) is 19.2. The van der Waals surface area contributed by atoms with Gasteiger partial charge in [-0.1, -0.05) is 23.9 Å². The third kappa shape index (κ3) is 4.41. The fraction of sp³-hybridized carbons (Fsp3) is 0.278. The monoisotopic (exact) mass is 394 g/mol. The van der Waals surface area contributed by atoms with E-state index in [4.69, 9.17) is 5.73 Å². The van der Waals surface area contributed by atoms with Gasteiger partial charge in [-0.15, -0.1) is 0 Å². The van der Waals surface area contributed by atoms with Gasteiger partial charge in [-0.05, 0) is 43.2 Å². The van der Waals surface area contributed by atoms with Crippen molar-refractivity contribution in [3.63, 3.8) is 0 Å². The number of nitrogens with one attached hydrogen (secondary N) is 1. The second kappa shape index (κ2) is 7.22. The number of nitrogens with two attached hydrogens (primary N) is 1. The lowest BCUT2D eigenvalue weighted by molar-refractivity contribution is -0.141. The zero-order valence-electron chi connectivity index (χ0n) is 14.4. The quantitative estimate of drug-likeness (QED) is 0.824. The Bertz CT molecular complexity index is 883. The molecule has 1 aromatic carbocycles. The molecule has 5 nitrogen and oxygen atoms in total. The van der Waals surface area contributed by atoms with Gasteiger partial charge in [0, 0.05) is 17.6 Å². The summed E-state index contributed by atoms with van der Waals surface area (Å²) in [5.74, 6) is 0.306. The van der Waals surface area contributed by atoms with Crippen LogP contribution in [0.15, 0.2) is 47.6 Å². The van der Waals surface area contributed by atoms with Gasteiger partial charge in [0.15, 0.2) is 5.17 Å². The minimum Gasteiger partial charge on any atom is -0.379 e. The summed E-state index contributed by atoms with van der Waals surface area (Å²) in [7, 11) is 0. The van der Waals surface area contributed by atoms with Crippen molar-refractivity contribution in [1.82, 2.24) is 4.98 Å². The van der Waals surface area contributed by atoms with E-state index in [1.165, 1.54) is 11.8 Å². The normalized spacial score (nSPS) is 20.1. The zero-order valence-corrected chi connectivity index (χ0v) is 15.2. The number of halogens is 3. The van der Waals surface area contributed by atoms with Crippen LogP contribution in [0.4, 0.5) is 18.9 Å². The summed E-state index contributed by atoms with van der Waals surface area (Å²) >= 11 is 1.50. The molecule has 0 radical (unpaired) electrons. The highest BCUT2D eigenvalue weighted by atomic mass is 32.2. The van der Waals surface area contributed by atoms with Crippen molar-refractivity contribution in [3.05, 3.63) is 59.4 Å². The van der Waals surface area contributed by atoms with Crippen LogP contribution in [-0.4, -0.2) is 21.8 Å². The number of anilines is 1. The van der Waals surface area contributed by atoms with E-state index >= 15 is 0 Å². The third-order valence-corrected chi connectivity index (χ3v) is 5.05. The summed E-state index contributed by atoms with van der Waals surface area (Å²) in [6.45, 7) is 1.97. The van der Waals surface area contributed by atoms with E-state index in [1.807, 2.05) is 13.0 Å². The first-order valence-electron chi connectivity index (χ1n) is 8.11. The van der Waals surface area contributed by atoms with Crippen LogP contribution in [-0.2, 0) is 11.7 Å². The number of amidine groups is 1. The van der Waals surface area contributed by atoms with E-state index in [1.54, 1.807) is 18.2 Å². The van der Waals surface area contributed by atoms with Crippen LogP contribution in [0, 0.1) is 0 Å². The number of nitrogens with zero attached hydrogens (tertiary/aromatic N) is 2. The molecule has 0 bridgehead atoms. The van der Waals surface area contributed by atoms with E-state index in [0.29, 0.717) is 10.9 Å². The Balaban J connectivity index is 1.78. The molecule has 1 unspecified atom stereocenters. The van der Waals surface area contributed by atoms with Crippen LogP contribution in [0.2, 0.25) is 0 Å². The fourth-order valence-corrected chi connectivity index (χ4v) is 3.70. The van der Waals surface area contributed by atoms with Gasteiger partial charge < -0.3 is 11.1 Å². The maximum Gasteiger partial charge on any atom is 0.433 e. The lowest BCUT2D eigenvalue weighted by Crippen LogP contribution is -2.28. The molecular weight excluding hydrogens is 377 g/mol. The van der Waals surface area contributed by atoms with Crippen LogP contribution >= 0.6 is 11.8 Å². The fourth-order valence-electron chi connectivity index (χ4n) is 2.73. The first-order valence-corrected chi connectivity index (χ1v) is 9.09. The van der Waals surface area contributed by atoms with Gasteiger partial charge in [0.2, 0.25) is 0 Å². The summed E-state index contributed by atoms with van der Waals surface area (Å²) in [6.07, 6.45) is -2.83. The number of alkyl halides is 3. The Morgan fingerprint density at radius 3 is 2.70 bits per heavy atom. The van der Waals surface area contributed by atoms with Crippen molar-refractivity contribution in [1.29, 1.82) is 0 Å². The maximum atomic E-state index is 12.6. The van der Waals surface area contributed by atoms with Gasteiger partial charge in [-0.2, -0.15) is 13.2 Å². The smallest absolute Gasteiger partial charge is 0.379 e. The summed E-state index contributed by atoms with van der Waals surface area (Å²) in [4.78, 5) is 20.1. The second-order valence-corrected chi connectivity index (χ2v) is 7.40. The van der Waals surface area contributed by atoms with Crippen LogP contribution in [0.5, 0.6) is 0 Å². The predicted octanol–water partition coefficient (Wildman–Crippen LogP) is 4.02. The molecule has 0 aliphatic carbocycles. The Morgan fingerprint density at radius 2 is 2.07 bits per heavy atom. The summed E-state index contributed by atoms with van der Waals surface area (Å²) in [5.41, 5.74) is 5.77. The molecule has 0 saturated carbocycles. The van der Waals surface area contributed by atoms with Crippen molar-refractivity contribution in [2.45, 2.75) is 25.1 Å². The highest BCUT2D eigenvalue weighted by molar-refractivity contribution is 8.13. The third-order valence-electron chi connectivity index (χ3n) is 4.25. The topological polar surface area (TPSA) is 80.4 Å². The van der Waals surface area contributed by atoms with Crippen molar-refractivity contribution >= 4 is 28.5 Å². The number of hydrogen-bond donors (Lipinski definition) is 2. The first-order chi connectivity index (χ1) is 12.7. The van der Waals surface area contributed by atoms with Gasteiger partial charge in [0.1, 0.15) is 5.69 Å². The number of benzene rings is 1. The molecular formula is C18H17F3N4OS. The van der Waals surface area contributed by atoms with Gasteiger partial charge in [-0.3, -0.25) is 14.8 Å². The number of carbonyl (C=O) groups is 1. The number of carbonyl (C=O) groups excluding carboxylic acids is 1. The number of hydrogen-bond acceptors (Lipinski definition) is 5. The largest absolute Gasteiger partial charge is 0.433 e. The van der Waals surface area contributed by atoms with E-state index in [9.17, 15) is 18.0 Å². The standard InChI is InChI=1S/C18H17F3N4OS/c1-17(7-8-27-16(22)25-17)12-3-2-4-13(9-12)24-15(26)11-5-6-14(23-10-11)18(19,20)21/h2-6,9-10H,7-8H2,1H3,(H2,22,25)(H,24,26). The van der Waals surface area contributed by atoms with Gasteiger partial charge in [0.25, 0.3) is 5.91 Å². The lowest BCUT2D eigenvalue weighted by Gasteiger charge is -2.30. The van der Waals surface area contributed by atoms with Crippen molar-refractivity contribution < 1.29 is 18.0 Å². The van der Waals surface area contributed by atoms with E-state index in [-0.39, 0.29) is 5.56 Å². The number of pyridine rings is 1. The maximum absolute atomic E-state index is 12.6. The van der Waals surface area contributed by atoms with E-state index < -0.39 is 23.3 Å². The molecule has 3 N–H and O–H groups in total. The molecule has 9 heteroatoms. The molecule has 1 aliphatic rings. The average Bonchev–Trinajstić information content (AvgIpc) is 2.61. The van der Waals surface area contributed by atoms with Crippen LogP contribution in [0.3, 0.4) is 0 Å². The molecule has 142 valence electrons. The molecule has 0 fully saturated rings. The SMILES string of the molecule is CC1(c2cccc(NC(=O)c3ccc(C(F)(F)F)nc3)c2)CCSC(N)=N1. The predicted molar refractivity (Wildman–Crippen MR) is 99.7 cm³/mol. The molecule has 1 atom stereocenters. The zero-order chi connectivity index (χ0) is 19.7. The Morgan fingerprint density at radius 1 is 1.30 bits per heavy atom. The molecule has 1 amide bonds. The number of aliphatic imine (C=N–C) groups is 1. The minimum absolute atomic E-state index is 0.0379. The number of thioether (sulfide) groups is 1. The van der Waals surface area contributed by atoms with Gasteiger partial charge >= 0.3 is 6.18 Å². The van der Waals surface area contributed by atoms with Gasteiger partial charge in [0.05, 0.1) is 11.1 Å². The second-order valence-electron chi connectivity index (χ2n) is 6.29. The molecule has 1 aromatic heterocycles. The summed E-state index contributed by atoms with van der Waals surface area (Å²) in [5, 5.41) is 3.20. The Hall–Kier alpha value is -2.55. The van der Waals surface area contributed by atoms with Crippen molar-refractivity contribution in [2.75, 3.05) is 11.1 Å². The lowest BCUT2D eigenvalue weighted by atomic mass is 9.89. The van der Waals surface area contributed by atoms with E-state index in [0.717, 1.165) is 36.1 Å². The summed E-state index contributed by atoms with van der Waals surface area (Å²) in [6, 6.07) is 9.06. The Kier molecular flexibility index (Phi) is 5.14. The highest BCUT2D eigenvalue weighted by Crippen LogP contribution is 2.36. The number of aromatic nitrogens is 1. The number of amides is 1. The van der Waals surface area contributed by atoms with E-state index in [2.05, 4.69) is 15.3 Å². The molecule has 3 rings (SSSR count). The van der Waals surface area contributed by atoms with Crippen LogP contribution < -0.4 is 11.1 Å². The van der Waals surface area contributed by atoms with Crippen molar-refractivity contribution in [3.8, 4) is 0 Å². The molecule has 1 aliphatic heterocycles. The van der Waals surface area contributed by atoms with Crippen LogP contribution in [0.1, 0.15) is 35.0 Å². The molecule has 27 heavy (non-hydrogen) atoms. The van der Waals surface area contributed by atoms with Crippen molar-refractivity contribution in [2.24, 2.45) is 10.7 Å². The molecule has 0 spiro atoms. The average molecular weight is 394 g/mol.